The minimum absolute atomic E-state index is 0.0589. The first kappa shape index (κ1) is 29.4. The number of methoxy groups -OCH3 is 4. The maximum absolute atomic E-state index is 14.1. The van der Waals surface area contributed by atoms with E-state index in [2.05, 4.69) is 9.97 Å². The Morgan fingerprint density at radius 2 is 1.19 bits per heavy atom. The first-order chi connectivity index (χ1) is 20.6. The first-order valence-corrected chi connectivity index (χ1v) is 12.8. The van der Waals surface area contributed by atoms with Crippen molar-refractivity contribution < 1.29 is 36.5 Å². The van der Waals surface area contributed by atoms with E-state index in [4.69, 9.17) is 24.0 Å². The van der Waals surface area contributed by atoms with Crippen LogP contribution in [0.25, 0.3) is 39.7 Å². The van der Waals surface area contributed by atoms with Crippen molar-refractivity contribution in [3.63, 3.8) is 0 Å². The lowest BCUT2D eigenvalue weighted by molar-refractivity contribution is -0.141. The van der Waals surface area contributed by atoms with Gasteiger partial charge in [-0.25, -0.2) is 14.4 Å². The average molecular weight is 595 g/mol. The summed E-state index contributed by atoms with van der Waals surface area (Å²) in [6.07, 6.45) is -4.80. The predicted molar refractivity (Wildman–Crippen MR) is 151 cm³/mol. The summed E-state index contributed by atoms with van der Waals surface area (Å²) in [6.45, 7) is 1.79. The largest absolute Gasteiger partial charge is 0.493 e. The van der Waals surface area contributed by atoms with Crippen molar-refractivity contribution in [1.82, 2.24) is 19.7 Å². The topological polar surface area (TPSA) is 80.5 Å². The van der Waals surface area contributed by atoms with Crippen molar-refractivity contribution >= 4 is 0 Å². The summed E-state index contributed by atoms with van der Waals surface area (Å²) in [4.78, 5) is 8.33. The van der Waals surface area contributed by atoms with E-state index in [0.29, 0.717) is 51.1 Å². The predicted octanol–water partition coefficient (Wildman–Crippen LogP) is 7.16. The van der Waals surface area contributed by atoms with Gasteiger partial charge in [0.25, 0.3) is 5.95 Å². The maximum Gasteiger partial charge on any atom is 0.433 e. The van der Waals surface area contributed by atoms with Gasteiger partial charge in [-0.3, -0.25) is 0 Å². The zero-order chi connectivity index (χ0) is 30.9. The summed E-state index contributed by atoms with van der Waals surface area (Å²) in [5.41, 5.74) is 1.66. The lowest BCUT2D eigenvalue weighted by atomic mass is 10.0. The van der Waals surface area contributed by atoms with Gasteiger partial charge in [-0.15, -0.1) is 0 Å². The normalized spacial score (nSPS) is 11.4. The van der Waals surface area contributed by atoms with Crippen molar-refractivity contribution in [3.8, 4) is 62.7 Å². The second-order valence-corrected chi connectivity index (χ2v) is 9.32. The molecule has 8 nitrogen and oxygen atoms in total. The zero-order valence-corrected chi connectivity index (χ0v) is 23.8. The van der Waals surface area contributed by atoms with E-state index in [0.717, 1.165) is 18.2 Å². The molecule has 0 saturated carbocycles. The van der Waals surface area contributed by atoms with Gasteiger partial charge in [0.05, 0.1) is 45.5 Å². The number of hydrogen-bond donors (Lipinski definition) is 0. The number of rotatable bonds is 8. The molecule has 5 rings (SSSR count). The fraction of sp³-hybridized carbons (Fsp3) is 0.194. The Morgan fingerprint density at radius 1 is 0.651 bits per heavy atom. The van der Waals surface area contributed by atoms with Gasteiger partial charge in [0.1, 0.15) is 5.82 Å². The molecule has 5 aromatic rings. The number of ether oxygens (including phenoxy) is 4. The van der Waals surface area contributed by atoms with Crippen LogP contribution in [0.3, 0.4) is 0 Å². The van der Waals surface area contributed by atoms with Crippen LogP contribution in [0.2, 0.25) is 0 Å². The van der Waals surface area contributed by atoms with Gasteiger partial charge in [-0.05, 0) is 73.7 Å². The van der Waals surface area contributed by atoms with Crippen molar-refractivity contribution in [2.24, 2.45) is 0 Å². The van der Waals surface area contributed by atoms with Gasteiger partial charge in [0.2, 0.25) is 0 Å². The van der Waals surface area contributed by atoms with Crippen LogP contribution in [0.15, 0.2) is 66.7 Å². The molecule has 0 amide bonds. The molecule has 0 spiro atoms. The Hall–Kier alpha value is -5.13. The molecule has 0 N–H and O–H groups in total. The molecule has 222 valence electrons. The third-order valence-electron chi connectivity index (χ3n) is 6.77. The van der Waals surface area contributed by atoms with Gasteiger partial charge >= 0.3 is 6.18 Å². The first-order valence-electron chi connectivity index (χ1n) is 12.8. The summed E-state index contributed by atoms with van der Waals surface area (Å²) in [5, 5.41) is 4.72. The van der Waals surface area contributed by atoms with Crippen LogP contribution in [0.5, 0.6) is 23.0 Å². The lowest BCUT2D eigenvalue weighted by Gasteiger charge is -2.14. The third kappa shape index (κ3) is 5.68. The minimum Gasteiger partial charge on any atom is -0.493 e. The zero-order valence-electron chi connectivity index (χ0n) is 23.8. The van der Waals surface area contributed by atoms with Crippen molar-refractivity contribution in [2.45, 2.75) is 13.1 Å². The van der Waals surface area contributed by atoms with Crippen molar-refractivity contribution in [1.29, 1.82) is 0 Å². The van der Waals surface area contributed by atoms with Crippen LogP contribution in [-0.2, 0) is 6.18 Å². The van der Waals surface area contributed by atoms with E-state index < -0.39 is 17.7 Å². The Bertz CT molecular complexity index is 1790. The molecule has 43 heavy (non-hydrogen) atoms. The monoisotopic (exact) mass is 594 g/mol. The molecule has 2 heterocycles. The maximum atomic E-state index is 14.1. The fourth-order valence-electron chi connectivity index (χ4n) is 4.66. The molecule has 0 atom stereocenters. The smallest absolute Gasteiger partial charge is 0.433 e. The quantitative estimate of drug-likeness (QED) is 0.176. The van der Waals surface area contributed by atoms with Crippen molar-refractivity contribution in [3.05, 3.63) is 83.8 Å². The van der Waals surface area contributed by atoms with Crippen LogP contribution in [0.4, 0.5) is 17.6 Å². The van der Waals surface area contributed by atoms with Crippen LogP contribution in [0.1, 0.15) is 11.3 Å². The highest BCUT2D eigenvalue weighted by atomic mass is 19.4. The molecule has 0 aliphatic carbocycles. The highest BCUT2D eigenvalue weighted by Crippen LogP contribution is 2.40. The van der Waals surface area contributed by atoms with Crippen LogP contribution in [0, 0.1) is 12.7 Å². The van der Waals surface area contributed by atoms with E-state index in [9.17, 15) is 17.6 Å². The van der Waals surface area contributed by atoms with E-state index in [1.165, 1.54) is 45.3 Å². The Morgan fingerprint density at radius 3 is 1.74 bits per heavy atom. The summed E-state index contributed by atoms with van der Waals surface area (Å²) in [6, 6.07) is 16.1. The molecule has 3 aromatic carbocycles. The number of nitrogens with zero attached hydrogens (tertiary/aromatic N) is 4. The van der Waals surface area contributed by atoms with E-state index in [-0.39, 0.29) is 17.2 Å². The Labute approximate surface area is 244 Å². The van der Waals surface area contributed by atoms with E-state index >= 15 is 0 Å². The molecule has 12 heteroatoms. The molecule has 0 unspecified atom stereocenters. The molecule has 2 aromatic heterocycles. The minimum atomic E-state index is -4.80. The summed E-state index contributed by atoms with van der Waals surface area (Å²) >= 11 is 0. The number of hydrogen-bond acceptors (Lipinski definition) is 7. The highest BCUT2D eigenvalue weighted by Gasteiger charge is 2.35. The molecular formula is C31H26F4N4O4. The standard InChI is InChI=1S/C31H26F4N4O4/c1-17-28(19-8-12-23(40-2)25(14-19)42-4)38-39(29(17)20-9-13-24(41-3)26(15-20)43-5)30-36-22(16-27(37-30)31(33,34)35)18-6-10-21(32)11-7-18/h6-16H,1-5H3. The number of alkyl halides is 3. The molecule has 0 radical (unpaired) electrons. The second-order valence-electron chi connectivity index (χ2n) is 9.32. The average Bonchev–Trinajstić information content (AvgIpc) is 3.36. The fourth-order valence-corrected chi connectivity index (χ4v) is 4.66. The van der Waals surface area contributed by atoms with Gasteiger partial charge < -0.3 is 18.9 Å². The van der Waals surface area contributed by atoms with Crippen molar-refractivity contribution in [2.75, 3.05) is 28.4 Å². The van der Waals surface area contributed by atoms with Crippen LogP contribution >= 0.6 is 0 Å². The van der Waals surface area contributed by atoms with E-state index in [1.807, 2.05) is 0 Å². The van der Waals surface area contributed by atoms with E-state index in [1.54, 1.807) is 43.3 Å². The van der Waals surface area contributed by atoms with Crippen LogP contribution < -0.4 is 18.9 Å². The van der Waals surface area contributed by atoms with Gasteiger partial charge in [0, 0.05) is 22.3 Å². The molecule has 0 aliphatic heterocycles. The second kappa shape index (κ2) is 11.6. The molecular weight excluding hydrogens is 568 g/mol. The molecule has 0 bridgehead atoms. The SMILES string of the molecule is COc1ccc(-c2nn(-c3nc(-c4ccc(F)cc4)cc(C(F)(F)F)n3)c(-c3ccc(OC)c(OC)c3)c2C)cc1OC. The molecule has 0 fully saturated rings. The number of halogens is 4. The van der Waals surface area contributed by atoms with Gasteiger partial charge in [-0.1, -0.05) is 0 Å². The molecule has 0 saturated heterocycles. The summed E-state index contributed by atoms with van der Waals surface area (Å²) in [5.74, 6) is 0.922. The summed E-state index contributed by atoms with van der Waals surface area (Å²) < 4.78 is 78.9. The number of aromatic nitrogens is 4. The van der Waals surface area contributed by atoms with Gasteiger partial charge in [0.15, 0.2) is 28.7 Å². The lowest BCUT2D eigenvalue weighted by Crippen LogP contribution is -2.14. The third-order valence-corrected chi connectivity index (χ3v) is 6.77. The number of benzene rings is 3. The Kier molecular flexibility index (Phi) is 7.94. The summed E-state index contributed by atoms with van der Waals surface area (Å²) in [7, 11) is 5.98. The highest BCUT2D eigenvalue weighted by molar-refractivity contribution is 5.77. The van der Waals surface area contributed by atoms with Crippen LogP contribution in [-0.4, -0.2) is 48.2 Å². The van der Waals surface area contributed by atoms with Gasteiger partial charge in [-0.2, -0.15) is 23.0 Å². The Balaban J connectivity index is 1.81. The molecule has 0 aliphatic rings.